The normalized spacial score (nSPS) is 13.9. The quantitative estimate of drug-likeness (QED) is 0.400. The Morgan fingerprint density at radius 2 is 1.71 bits per heavy atom. The zero-order chi connectivity index (χ0) is 24.2. The number of carbonyl (C=O) groups is 1. The molecule has 0 spiro atoms. The average molecular weight is 492 g/mol. The Morgan fingerprint density at radius 1 is 1.03 bits per heavy atom. The van der Waals surface area contributed by atoms with Gasteiger partial charge in [0.05, 0.1) is 29.9 Å². The summed E-state index contributed by atoms with van der Waals surface area (Å²) in [6.45, 7) is 6.25. The summed E-state index contributed by atoms with van der Waals surface area (Å²) in [4.78, 5) is 32.6. The average Bonchev–Trinajstić information content (AvgIpc) is 3.48. The van der Waals surface area contributed by atoms with E-state index in [2.05, 4.69) is 22.5 Å². The van der Waals surface area contributed by atoms with Gasteiger partial charge in [-0.3, -0.25) is 13.9 Å². The van der Waals surface area contributed by atoms with E-state index in [1.54, 1.807) is 20.5 Å². The molecule has 0 aliphatic carbocycles. The number of benzene rings is 2. The smallest absolute Gasteiger partial charge is 0.329 e. The van der Waals surface area contributed by atoms with Crippen molar-refractivity contribution in [2.24, 2.45) is 0 Å². The van der Waals surface area contributed by atoms with Gasteiger partial charge in [-0.15, -0.1) is 11.3 Å². The molecule has 1 aliphatic heterocycles. The number of para-hydroxylation sites is 2. The molecule has 0 unspecified atom stereocenters. The van der Waals surface area contributed by atoms with Gasteiger partial charge in [0.2, 0.25) is 5.91 Å². The van der Waals surface area contributed by atoms with E-state index in [-0.39, 0.29) is 18.0 Å². The molecule has 9 heteroatoms. The summed E-state index contributed by atoms with van der Waals surface area (Å²) in [6, 6.07) is 15.5. The van der Waals surface area contributed by atoms with Crippen LogP contribution in [0.2, 0.25) is 0 Å². The predicted molar refractivity (Wildman–Crippen MR) is 140 cm³/mol. The number of ether oxygens (including phenoxy) is 1. The number of thiazole rings is 1. The van der Waals surface area contributed by atoms with Crippen molar-refractivity contribution in [2.45, 2.75) is 32.9 Å². The highest BCUT2D eigenvalue weighted by atomic mass is 32.1. The number of carbonyl (C=O) groups excluding carboxylic acids is 1. The maximum Gasteiger partial charge on any atom is 0.329 e. The van der Waals surface area contributed by atoms with Gasteiger partial charge < -0.3 is 15.0 Å². The zero-order valence-corrected chi connectivity index (χ0v) is 20.6. The summed E-state index contributed by atoms with van der Waals surface area (Å²) >= 11 is 1.64. The second-order valence-corrected chi connectivity index (χ2v) is 9.40. The second kappa shape index (κ2) is 10.5. The summed E-state index contributed by atoms with van der Waals surface area (Å²) in [6.07, 6.45) is 1.09. The van der Waals surface area contributed by atoms with E-state index in [0.29, 0.717) is 13.1 Å². The van der Waals surface area contributed by atoms with Gasteiger partial charge in [0.25, 0.3) is 0 Å². The number of imidazole rings is 1. The fourth-order valence-electron chi connectivity index (χ4n) is 4.39. The summed E-state index contributed by atoms with van der Waals surface area (Å²) < 4.78 is 8.90. The molecule has 0 atom stereocenters. The number of nitrogens with zero attached hydrogens (tertiary/aromatic N) is 4. The maximum absolute atomic E-state index is 12.9. The number of anilines is 2. The number of hydrogen-bond acceptors (Lipinski definition) is 6. The Hall–Kier alpha value is -3.43. The van der Waals surface area contributed by atoms with Crippen LogP contribution in [0.4, 0.5) is 10.8 Å². The van der Waals surface area contributed by atoms with Crippen LogP contribution in [0, 0.1) is 0 Å². The van der Waals surface area contributed by atoms with Crippen molar-refractivity contribution in [3.8, 4) is 11.3 Å². The van der Waals surface area contributed by atoms with Crippen molar-refractivity contribution in [3.05, 3.63) is 64.4 Å². The monoisotopic (exact) mass is 491 g/mol. The summed E-state index contributed by atoms with van der Waals surface area (Å²) in [5.41, 5.74) is 4.37. The largest absolute Gasteiger partial charge is 0.378 e. The third-order valence-electron chi connectivity index (χ3n) is 6.17. The van der Waals surface area contributed by atoms with Gasteiger partial charge in [-0.2, -0.15) is 0 Å². The highest BCUT2D eigenvalue weighted by Gasteiger charge is 2.16. The summed E-state index contributed by atoms with van der Waals surface area (Å²) in [5, 5.41) is 6.02. The second-order valence-electron chi connectivity index (χ2n) is 8.56. The van der Waals surface area contributed by atoms with Gasteiger partial charge in [-0.1, -0.05) is 31.2 Å². The van der Waals surface area contributed by atoms with Crippen LogP contribution < -0.4 is 15.9 Å². The van der Waals surface area contributed by atoms with Crippen LogP contribution in [0.3, 0.4) is 0 Å². The number of hydrogen-bond donors (Lipinski definition) is 1. The molecule has 1 N–H and O–H groups in total. The summed E-state index contributed by atoms with van der Waals surface area (Å²) in [7, 11) is 0. The fourth-order valence-corrected chi connectivity index (χ4v) is 5.27. The van der Waals surface area contributed by atoms with E-state index in [4.69, 9.17) is 9.72 Å². The molecule has 2 aromatic carbocycles. The minimum Gasteiger partial charge on any atom is -0.378 e. The van der Waals surface area contributed by atoms with Crippen molar-refractivity contribution < 1.29 is 9.53 Å². The molecule has 8 nitrogen and oxygen atoms in total. The molecule has 0 saturated carbocycles. The molecule has 4 aromatic rings. The molecule has 1 saturated heterocycles. The van der Waals surface area contributed by atoms with Gasteiger partial charge in [0, 0.05) is 49.2 Å². The first-order valence-electron chi connectivity index (χ1n) is 12.0. The van der Waals surface area contributed by atoms with Crippen molar-refractivity contribution in [1.82, 2.24) is 14.1 Å². The third kappa shape index (κ3) is 5.01. The molecule has 35 heavy (non-hydrogen) atoms. The Kier molecular flexibility index (Phi) is 6.96. The molecule has 0 radical (unpaired) electrons. The predicted octanol–water partition coefficient (Wildman–Crippen LogP) is 4.20. The first-order chi connectivity index (χ1) is 17.1. The van der Waals surface area contributed by atoms with Crippen LogP contribution in [-0.4, -0.2) is 46.3 Å². The van der Waals surface area contributed by atoms with Gasteiger partial charge >= 0.3 is 5.69 Å². The van der Waals surface area contributed by atoms with Crippen LogP contribution in [0.5, 0.6) is 0 Å². The number of fused-ring (bicyclic) bond motifs is 1. The zero-order valence-electron chi connectivity index (χ0n) is 19.8. The maximum atomic E-state index is 12.9. The third-order valence-corrected chi connectivity index (χ3v) is 7.07. The highest BCUT2D eigenvalue weighted by molar-refractivity contribution is 7.14. The first kappa shape index (κ1) is 23.3. The molecule has 1 amide bonds. The summed E-state index contributed by atoms with van der Waals surface area (Å²) in [5.74, 6) is -0.125. The molecular formula is C26H29N5O3S. The van der Waals surface area contributed by atoms with Crippen molar-refractivity contribution >= 4 is 39.1 Å². The van der Waals surface area contributed by atoms with E-state index < -0.39 is 0 Å². The van der Waals surface area contributed by atoms with Gasteiger partial charge in [-0.25, -0.2) is 9.78 Å². The fraction of sp³-hybridized carbons (Fsp3) is 0.346. The van der Waals surface area contributed by atoms with Crippen LogP contribution in [-0.2, 0) is 22.6 Å². The van der Waals surface area contributed by atoms with E-state index >= 15 is 0 Å². The molecular weight excluding hydrogens is 462 g/mol. The molecule has 2 aromatic heterocycles. The molecule has 182 valence electrons. The lowest BCUT2D eigenvalue weighted by molar-refractivity contribution is -0.116. The number of morpholine rings is 1. The van der Waals surface area contributed by atoms with Gasteiger partial charge in [0.1, 0.15) is 0 Å². The van der Waals surface area contributed by atoms with Crippen molar-refractivity contribution in [2.75, 3.05) is 36.5 Å². The number of rotatable bonds is 8. The molecule has 3 heterocycles. The Bertz CT molecular complexity index is 1370. The van der Waals surface area contributed by atoms with Crippen LogP contribution >= 0.6 is 11.3 Å². The van der Waals surface area contributed by atoms with Crippen LogP contribution in [0.25, 0.3) is 22.3 Å². The van der Waals surface area contributed by atoms with E-state index in [9.17, 15) is 9.59 Å². The molecule has 1 aliphatic rings. The molecule has 1 fully saturated rings. The number of aromatic nitrogens is 3. The Morgan fingerprint density at radius 3 is 2.40 bits per heavy atom. The van der Waals surface area contributed by atoms with E-state index in [1.807, 2.05) is 48.5 Å². The van der Waals surface area contributed by atoms with Crippen molar-refractivity contribution in [3.63, 3.8) is 0 Å². The topological polar surface area (TPSA) is 81.4 Å². The highest BCUT2D eigenvalue weighted by Crippen LogP contribution is 2.28. The van der Waals surface area contributed by atoms with Crippen LogP contribution in [0.1, 0.15) is 19.8 Å². The molecule has 5 rings (SSSR count). The molecule has 0 bridgehead atoms. The minimum atomic E-state index is -0.125. The Balaban J connectivity index is 1.22. The van der Waals surface area contributed by atoms with Crippen molar-refractivity contribution in [1.29, 1.82) is 0 Å². The van der Waals surface area contributed by atoms with E-state index in [0.717, 1.165) is 65.8 Å². The lowest BCUT2D eigenvalue weighted by Gasteiger charge is -2.26. The SMILES string of the molecule is CCCn1c(=O)n(CCC(=O)Nc2ccc(-c3csc(N4CCOCC4)n3)cc2)c2ccccc21. The Labute approximate surface area is 207 Å². The van der Waals surface area contributed by atoms with E-state index in [1.165, 1.54) is 0 Å². The van der Waals surface area contributed by atoms with Gasteiger partial charge in [-0.05, 0) is 30.7 Å². The standard InChI is InChI=1S/C26H29N5O3S/c1-2-12-30-22-5-3-4-6-23(22)31(26(30)33)13-11-24(32)27-20-9-7-19(8-10-20)21-18-35-25(28-21)29-14-16-34-17-15-29/h3-10,18H,2,11-17H2,1H3,(H,27,32). The number of aryl methyl sites for hydroxylation is 2. The number of amides is 1. The van der Waals surface area contributed by atoms with Gasteiger partial charge in [0.15, 0.2) is 5.13 Å². The minimum absolute atomic E-state index is 0.0649. The first-order valence-corrected chi connectivity index (χ1v) is 12.9. The lowest BCUT2D eigenvalue weighted by Crippen LogP contribution is -2.36. The number of nitrogens with one attached hydrogen (secondary N) is 1. The lowest BCUT2D eigenvalue weighted by atomic mass is 10.1. The van der Waals surface area contributed by atoms with Crippen LogP contribution in [0.15, 0.2) is 58.7 Å².